The molecule has 0 radical (unpaired) electrons. The summed E-state index contributed by atoms with van der Waals surface area (Å²) >= 11 is 0. The molecule has 0 spiro atoms. The molecule has 0 aromatic heterocycles. The second kappa shape index (κ2) is 7.98. The minimum atomic E-state index is 0.0895. The van der Waals surface area contributed by atoms with Crippen molar-refractivity contribution in [2.24, 2.45) is 0 Å². The summed E-state index contributed by atoms with van der Waals surface area (Å²) in [5.41, 5.74) is 1.17. The second-order valence-corrected chi connectivity index (χ2v) is 4.21. The summed E-state index contributed by atoms with van der Waals surface area (Å²) < 4.78 is 0. The van der Waals surface area contributed by atoms with Crippen molar-refractivity contribution in [2.75, 3.05) is 19.7 Å². The Morgan fingerprint density at radius 2 is 2.00 bits per heavy atom. The van der Waals surface area contributed by atoms with Gasteiger partial charge in [-0.3, -0.25) is 9.69 Å². The monoisotopic (exact) mass is 235 g/mol. The Kier molecular flexibility index (Phi) is 6.51. The molecular weight excluding hydrogens is 214 g/mol. The van der Waals surface area contributed by atoms with Crippen molar-refractivity contribution in [3.8, 4) is 0 Å². The van der Waals surface area contributed by atoms with Gasteiger partial charge in [-0.25, -0.2) is 0 Å². The van der Waals surface area contributed by atoms with Crippen LogP contribution in [-0.4, -0.2) is 35.5 Å². The van der Waals surface area contributed by atoms with E-state index in [0.717, 1.165) is 13.0 Å². The lowest BCUT2D eigenvalue weighted by Crippen LogP contribution is -2.31. The molecule has 3 heteroatoms. The van der Waals surface area contributed by atoms with Crippen molar-refractivity contribution in [2.45, 2.75) is 26.3 Å². The van der Waals surface area contributed by atoms with Crippen LogP contribution < -0.4 is 0 Å². The van der Waals surface area contributed by atoms with Crippen LogP contribution in [-0.2, 0) is 11.3 Å². The average molecular weight is 235 g/mol. The number of rotatable bonds is 8. The van der Waals surface area contributed by atoms with Crippen LogP contribution in [0, 0.1) is 0 Å². The summed E-state index contributed by atoms with van der Waals surface area (Å²) in [7, 11) is 0. The van der Waals surface area contributed by atoms with Gasteiger partial charge in [0.2, 0.25) is 0 Å². The standard InChI is InChI=1S/C14H21NO2/c1-2-6-14(17)12-15(9-10-16)11-13-7-4-3-5-8-13/h3-5,7-8,16H,2,6,9-12H2,1H3. The van der Waals surface area contributed by atoms with Gasteiger partial charge in [0.05, 0.1) is 13.2 Å². The van der Waals surface area contributed by atoms with Gasteiger partial charge >= 0.3 is 0 Å². The number of hydrogen-bond acceptors (Lipinski definition) is 3. The highest BCUT2D eigenvalue weighted by Gasteiger charge is 2.10. The van der Waals surface area contributed by atoms with Crippen LogP contribution in [0.25, 0.3) is 0 Å². The molecule has 0 saturated carbocycles. The molecule has 0 saturated heterocycles. The van der Waals surface area contributed by atoms with Gasteiger partial charge in [-0.05, 0) is 12.0 Å². The van der Waals surface area contributed by atoms with Crippen LogP contribution in [0.15, 0.2) is 30.3 Å². The number of ketones is 1. The van der Waals surface area contributed by atoms with Crippen molar-refractivity contribution in [3.05, 3.63) is 35.9 Å². The third-order valence-electron chi connectivity index (χ3n) is 2.59. The van der Waals surface area contributed by atoms with Crippen LogP contribution in [0.4, 0.5) is 0 Å². The first-order valence-electron chi connectivity index (χ1n) is 6.15. The summed E-state index contributed by atoms with van der Waals surface area (Å²) in [5, 5.41) is 9.00. The number of aliphatic hydroxyl groups is 1. The molecule has 0 bridgehead atoms. The SMILES string of the molecule is CCCC(=O)CN(CCO)Cc1ccccc1. The van der Waals surface area contributed by atoms with Crippen molar-refractivity contribution < 1.29 is 9.90 Å². The predicted octanol–water partition coefficient (Wildman–Crippen LogP) is 1.85. The molecule has 0 aliphatic carbocycles. The first-order chi connectivity index (χ1) is 8.26. The van der Waals surface area contributed by atoms with E-state index in [4.69, 9.17) is 5.11 Å². The van der Waals surface area contributed by atoms with E-state index in [1.807, 2.05) is 42.2 Å². The Balaban J connectivity index is 2.51. The summed E-state index contributed by atoms with van der Waals surface area (Å²) in [5.74, 6) is 0.247. The maximum Gasteiger partial charge on any atom is 0.146 e. The van der Waals surface area contributed by atoms with Gasteiger partial charge in [-0.1, -0.05) is 37.3 Å². The maximum absolute atomic E-state index is 11.6. The van der Waals surface area contributed by atoms with Gasteiger partial charge in [0, 0.05) is 19.5 Å². The van der Waals surface area contributed by atoms with E-state index in [9.17, 15) is 4.79 Å². The zero-order valence-electron chi connectivity index (χ0n) is 10.4. The molecule has 17 heavy (non-hydrogen) atoms. The number of carbonyl (C=O) groups excluding carboxylic acids is 1. The topological polar surface area (TPSA) is 40.5 Å². The largest absolute Gasteiger partial charge is 0.395 e. The molecule has 0 amide bonds. The number of benzene rings is 1. The second-order valence-electron chi connectivity index (χ2n) is 4.21. The molecule has 0 heterocycles. The molecule has 1 aromatic rings. The van der Waals surface area contributed by atoms with Gasteiger partial charge in [-0.15, -0.1) is 0 Å². The third kappa shape index (κ3) is 5.61. The first-order valence-corrected chi connectivity index (χ1v) is 6.15. The first kappa shape index (κ1) is 13.9. The molecular formula is C14H21NO2. The van der Waals surface area contributed by atoms with E-state index >= 15 is 0 Å². The molecule has 0 unspecified atom stereocenters. The van der Waals surface area contributed by atoms with Crippen LogP contribution in [0.5, 0.6) is 0 Å². The number of aliphatic hydroxyl groups excluding tert-OH is 1. The lowest BCUT2D eigenvalue weighted by molar-refractivity contribution is -0.120. The van der Waals surface area contributed by atoms with Crippen LogP contribution >= 0.6 is 0 Å². The van der Waals surface area contributed by atoms with Crippen LogP contribution in [0.1, 0.15) is 25.3 Å². The summed E-state index contributed by atoms with van der Waals surface area (Å²) in [6, 6.07) is 10.0. The Hall–Kier alpha value is -1.19. The quantitative estimate of drug-likeness (QED) is 0.747. The van der Waals surface area contributed by atoms with Crippen molar-refractivity contribution >= 4 is 5.78 Å². The summed E-state index contributed by atoms with van der Waals surface area (Å²) in [6.07, 6.45) is 1.51. The molecule has 1 aromatic carbocycles. The number of carbonyl (C=O) groups is 1. The molecule has 0 aliphatic rings. The molecule has 94 valence electrons. The minimum absolute atomic E-state index is 0.0895. The zero-order valence-corrected chi connectivity index (χ0v) is 10.4. The zero-order chi connectivity index (χ0) is 12.5. The molecule has 1 N–H and O–H groups in total. The number of nitrogens with zero attached hydrogens (tertiary/aromatic N) is 1. The predicted molar refractivity (Wildman–Crippen MR) is 68.7 cm³/mol. The highest BCUT2D eigenvalue weighted by Crippen LogP contribution is 2.05. The molecule has 3 nitrogen and oxygen atoms in total. The molecule has 1 rings (SSSR count). The third-order valence-corrected chi connectivity index (χ3v) is 2.59. The summed E-state index contributed by atoms with van der Waals surface area (Å²) in [4.78, 5) is 13.6. The van der Waals surface area contributed by atoms with E-state index in [0.29, 0.717) is 19.5 Å². The fraction of sp³-hybridized carbons (Fsp3) is 0.500. The van der Waals surface area contributed by atoms with Gasteiger partial charge < -0.3 is 5.11 Å². The van der Waals surface area contributed by atoms with Gasteiger partial charge in [-0.2, -0.15) is 0 Å². The van der Waals surface area contributed by atoms with Crippen LogP contribution in [0.3, 0.4) is 0 Å². The summed E-state index contributed by atoms with van der Waals surface area (Å²) in [6.45, 7) is 3.79. The Labute approximate surface area is 103 Å². The van der Waals surface area contributed by atoms with Crippen molar-refractivity contribution in [3.63, 3.8) is 0 Å². The van der Waals surface area contributed by atoms with Gasteiger partial charge in [0.1, 0.15) is 5.78 Å². The smallest absolute Gasteiger partial charge is 0.146 e. The fourth-order valence-electron chi connectivity index (χ4n) is 1.80. The number of Topliss-reactive ketones (excluding diaryl/α,β-unsaturated/α-hetero) is 1. The minimum Gasteiger partial charge on any atom is -0.395 e. The van der Waals surface area contributed by atoms with Gasteiger partial charge in [0.25, 0.3) is 0 Å². The van der Waals surface area contributed by atoms with E-state index in [-0.39, 0.29) is 12.4 Å². The Morgan fingerprint density at radius 3 is 2.59 bits per heavy atom. The fourth-order valence-corrected chi connectivity index (χ4v) is 1.80. The highest BCUT2D eigenvalue weighted by atomic mass is 16.3. The van der Waals surface area contributed by atoms with E-state index < -0.39 is 0 Å². The lowest BCUT2D eigenvalue weighted by Gasteiger charge is -2.20. The molecule has 0 aliphatic heterocycles. The van der Waals surface area contributed by atoms with Crippen molar-refractivity contribution in [1.29, 1.82) is 0 Å². The lowest BCUT2D eigenvalue weighted by atomic mass is 10.2. The van der Waals surface area contributed by atoms with E-state index in [1.165, 1.54) is 5.56 Å². The molecule has 0 fully saturated rings. The Morgan fingerprint density at radius 1 is 1.29 bits per heavy atom. The van der Waals surface area contributed by atoms with E-state index in [2.05, 4.69) is 0 Å². The normalized spacial score (nSPS) is 10.8. The van der Waals surface area contributed by atoms with E-state index in [1.54, 1.807) is 0 Å². The Bertz CT molecular complexity index is 324. The molecule has 0 atom stereocenters. The van der Waals surface area contributed by atoms with Gasteiger partial charge in [0.15, 0.2) is 0 Å². The highest BCUT2D eigenvalue weighted by molar-refractivity contribution is 5.80. The maximum atomic E-state index is 11.6. The average Bonchev–Trinajstić information content (AvgIpc) is 2.31. The number of hydrogen-bond donors (Lipinski definition) is 1. The van der Waals surface area contributed by atoms with Crippen molar-refractivity contribution in [1.82, 2.24) is 4.90 Å². The van der Waals surface area contributed by atoms with Crippen LogP contribution in [0.2, 0.25) is 0 Å².